The van der Waals surface area contributed by atoms with Gasteiger partial charge >= 0.3 is 0 Å². The lowest BCUT2D eigenvalue weighted by atomic mass is 10.2. The third kappa shape index (κ3) is 6.61. The Bertz CT molecular complexity index is 818. The summed E-state index contributed by atoms with van der Waals surface area (Å²) >= 11 is 0. The molecule has 2 aromatic carbocycles. The second-order valence-electron chi connectivity index (χ2n) is 6.96. The molecule has 0 heterocycles. The minimum atomic E-state index is -0.729. The van der Waals surface area contributed by atoms with Gasteiger partial charge in [0.05, 0.1) is 19.9 Å². The highest BCUT2D eigenvalue weighted by atomic mass is 16.6. The van der Waals surface area contributed by atoms with Crippen molar-refractivity contribution in [2.24, 2.45) is 11.1 Å². The van der Waals surface area contributed by atoms with Crippen LogP contribution < -0.4 is 14.8 Å². The van der Waals surface area contributed by atoms with Crippen LogP contribution in [0.3, 0.4) is 0 Å². The van der Waals surface area contributed by atoms with E-state index in [9.17, 15) is 4.79 Å². The summed E-state index contributed by atoms with van der Waals surface area (Å²) in [6.45, 7) is 8.39. The van der Waals surface area contributed by atoms with E-state index in [1.54, 1.807) is 20.1 Å². The van der Waals surface area contributed by atoms with E-state index in [0.29, 0.717) is 24.0 Å². The summed E-state index contributed by atoms with van der Waals surface area (Å²) in [5.41, 5.74) is 2.57. The molecule has 0 spiro atoms. The van der Waals surface area contributed by atoms with Crippen LogP contribution in [0.4, 0.5) is 5.69 Å². The number of amides is 1. The number of oxime groups is 1. The van der Waals surface area contributed by atoms with Gasteiger partial charge in [0.1, 0.15) is 0 Å². The summed E-state index contributed by atoms with van der Waals surface area (Å²) in [5, 5.41) is 6.72. The van der Waals surface area contributed by atoms with Gasteiger partial charge in [0.15, 0.2) is 11.5 Å². The number of hydrogen-bond donors (Lipinski definition) is 1. The third-order valence-corrected chi connectivity index (χ3v) is 3.84. The lowest BCUT2D eigenvalue weighted by Crippen LogP contribution is -2.26. The number of rotatable bonds is 9. The fourth-order valence-electron chi connectivity index (χ4n) is 2.34. The molecule has 0 fully saturated rings. The molecule has 1 N–H and O–H groups in total. The number of hydrogen-bond acceptors (Lipinski definition) is 5. The normalized spacial score (nSPS) is 12.1. The molecule has 0 bridgehead atoms. The monoisotopic (exact) mass is 384 g/mol. The van der Waals surface area contributed by atoms with E-state index < -0.39 is 6.10 Å². The molecular formula is C22H28N2O4. The third-order valence-electron chi connectivity index (χ3n) is 3.84. The molecule has 0 aromatic heterocycles. The maximum absolute atomic E-state index is 12.2. The van der Waals surface area contributed by atoms with Crippen molar-refractivity contribution in [2.45, 2.75) is 33.8 Å². The van der Waals surface area contributed by atoms with Crippen LogP contribution in [-0.2, 0) is 9.63 Å². The zero-order valence-corrected chi connectivity index (χ0v) is 17.1. The number of anilines is 1. The van der Waals surface area contributed by atoms with E-state index in [1.165, 1.54) is 6.21 Å². The topological polar surface area (TPSA) is 69.2 Å². The van der Waals surface area contributed by atoms with Crippen molar-refractivity contribution in [3.63, 3.8) is 0 Å². The van der Waals surface area contributed by atoms with Crippen molar-refractivity contribution in [3.05, 3.63) is 53.6 Å². The zero-order chi connectivity index (χ0) is 20.5. The predicted molar refractivity (Wildman–Crippen MR) is 111 cm³/mol. The smallest absolute Gasteiger partial charge is 0.267 e. The first-order chi connectivity index (χ1) is 13.4. The van der Waals surface area contributed by atoms with Gasteiger partial charge in [-0.2, -0.15) is 0 Å². The molecule has 2 rings (SSSR count). The Morgan fingerprint density at radius 2 is 1.93 bits per heavy atom. The Kier molecular flexibility index (Phi) is 7.87. The highest BCUT2D eigenvalue weighted by Crippen LogP contribution is 2.28. The molecule has 0 aliphatic rings. The largest absolute Gasteiger partial charge is 0.493 e. The fraction of sp³-hybridized carbons (Fsp3) is 0.364. The highest BCUT2D eigenvalue weighted by molar-refractivity contribution is 5.94. The van der Waals surface area contributed by atoms with E-state index >= 15 is 0 Å². The van der Waals surface area contributed by atoms with Crippen molar-refractivity contribution in [1.29, 1.82) is 0 Å². The summed E-state index contributed by atoms with van der Waals surface area (Å²) in [7, 11) is 1.59. The summed E-state index contributed by atoms with van der Waals surface area (Å²) in [6, 6.07) is 13.1. The summed E-state index contributed by atoms with van der Waals surface area (Å²) < 4.78 is 11.1. The predicted octanol–water partition coefficient (Wildman–Crippen LogP) is 4.42. The molecule has 150 valence electrons. The first kappa shape index (κ1) is 21.3. The SMILES string of the molecule is COc1cc(/C=N\O[C@@H](C)C(=O)Nc2cccc(C)c2)ccc1OCC(C)C. The first-order valence-corrected chi connectivity index (χ1v) is 9.26. The Hall–Kier alpha value is -3.02. The number of nitrogens with zero attached hydrogens (tertiary/aromatic N) is 1. The fourth-order valence-corrected chi connectivity index (χ4v) is 2.34. The number of methoxy groups -OCH3 is 1. The molecule has 0 radical (unpaired) electrons. The summed E-state index contributed by atoms with van der Waals surface area (Å²) in [6.07, 6.45) is 0.804. The molecular weight excluding hydrogens is 356 g/mol. The van der Waals surface area contributed by atoms with Gasteiger partial charge in [-0.3, -0.25) is 4.79 Å². The van der Waals surface area contributed by atoms with E-state index in [2.05, 4.69) is 24.3 Å². The molecule has 0 aliphatic carbocycles. The lowest BCUT2D eigenvalue weighted by molar-refractivity contribution is -0.126. The molecule has 0 saturated carbocycles. The average Bonchev–Trinajstić information content (AvgIpc) is 2.66. The molecule has 2 aromatic rings. The Labute approximate surface area is 166 Å². The Morgan fingerprint density at radius 3 is 2.61 bits per heavy atom. The van der Waals surface area contributed by atoms with Crippen molar-refractivity contribution in [1.82, 2.24) is 0 Å². The molecule has 0 unspecified atom stereocenters. The van der Waals surface area contributed by atoms with Crippen LogP contribution in [0.1, 0.15) is 31.9 Å². The first-order valence-electron chi connectivity index (χ1n) is 9.26. The quantitative estimate of drug-likeness (QED) is 0.513. The van der Waals surface area contributed by atoms with Gasteiger partial charge < -0.3 is 19.6 Å². The second kappa shape index (κ2) is 10.3. The lowest BCUT2D eigenvalue weighted by Gasteiger charge is -2.13. The van der Waals surface area contributed by atoms with Crippen LogP contribution >= 0.6 is 0 Å². The van der Waals surface area contributed by atoms with Crippen molar-refractivity contribution in [2.75, 3.05) is 19.0 Å². The maximum Gasteiger partial charge on any atom is 0.267 e. The Balaban J connectivity index is 1.92. The van der Waals surface area contributed by atoms with Crippen molar-refractivity contribution < 1.29 is 19.1 Å². The van der Waals surface area contributed by atoms with Gasteiger partial charge in [-0.15, -0.1) is 0 Å². The van der Waals surface area contributed by atoms with E-state index in [1.807, 2.05) is 43.3 Å². The van der Waals surface area contributed by atoms with E-state index in [-0.39, 0.29) is 5.91 Å². The van der Waals surface area contributed by atoms with Crippen LogP contribution in [0.2, 0.25) is 0 Å². The molecule has 28 heavy (non-hydrogen) atoms. The van der Waals surface area contributed by atoms with Crippen LogP contribution in [-0.4, -0.2) is 31.9 Å². The van der Waals surface area contributed by atoms with Gasteiger partial charge in [-0.1, -0.05) is 31.1 Å². The minimum Gasteiger partial charge on any atom is -0.493 e. The molecule has 0 saturated heterocycles. The van der Waals surface area contributed by atoms with Crippen LogP contribution in [0, 0.1) is 12.8 Å². The maximum atomic E-state index is 12.2. The molecule has 0 aliphatic heterocycles. The molecule has 6 heteroatoms. The number of nitrogens with one attached hydrogen (secondary N) is 1. The molecule has 1 atom stereocenters. The Morgan fingerprint density at radius 1 is 1.14 bits per heavy atom. The van der Waals surface area contributed by atoms with E-state index in [4.69, 9.17) is 14.3 Å². The number of aryl methyl sites for hydroxylation is 1. The number of benzene rings is 2. The van der Waals surface area contributed by atoms with Gasteiger partial charge in [0.25, 0.3) is 5.91 Å². The molecule has 6 nitrogen and oxygen atoms in total. The van der Waals surface area contributed by atoms with Gasteiger partial charge in [-0.25, -0.2) is 0 Å². The minimum absolute atomic E-state index is 0.266. The molecule has 1 amide bonds. The average molecular weight is 384 g/mol. The highest BCUT2D eigenvalue weighted by Gasteiger charge is 2.14. The number of ether oxygens (including phenoxy) is 2. The standard InChI is InChI=1S/C22H28N2O4/c1-15(2)14-27-20-10-9-18(12-21(20)26-5)13-23-28-17(4)22(25)24-19-8-6-7-16(3)11-19/h6-13,15,17H,14H2,1-5H3,(H,24,25)/b23-13-/t17-/m0/s1. The number of carbonyl (C=O) groups excluding carboxylic acids is 1. The summed E-state index contributed by atoms with van der Waals surface area (Å²) in [4.78, 5) is 17.5. The second-order valence-corrected chi connectivity index (χ2v) is 6.96. The van der Waals surface area contributed by atoms with Crippen LogP contribution in [0.25, 0.3) is 0 Å². The zero-order valence-electron chi connectivity index (χ0n) is 17.1. The van der Waals surface area contributed by atoms with Gasteiger partial charge in [0.2, 0.25) is 6.10 Å². The van der Waals surface area contributed by atoms with Crippen molar-refractivity contribution in [3.8, 4) is 11.5 Å². The van der Waals surface area contributed by atoms with E-state index in [0.717, 1.165) is 16.8 Å². The van der Waals surface area contributed by atoms with Gasteiger partial charge in [0, 0.05) is 11.3 Å². The number of carbonyl (C=O) groups is 1. The van der Waals surface area contributed by atoms with Crippen molar-refractivity contribution >= 4 is 17.8 Å². The van der Waals surface area contributed by atoms with Crippen LogP contribution in [0.5, 0.6) is 11.5 Å². The van der Waals surface area contributed by atoms with Crippen LogP contribution in [0.15, 0.2) is 47.6 Å². The van der Waals surface area contributed by atoms with Gasteiger partial charge in [-0.05, 0) is 55.7 Å². The summed E-state index contributed by atoms with van der Waals surface area (Å²) in [5.74, 6) is 1.46.